The van der Waals surface area contributed by atoms with Crippen molar-refractivity contribution in [2.45, 2.75) is 31.8 Å². The van der Waals surface area contributed by atoms with Crippen LogP contribution in [0, 0.1) is 5.95 Å². The zero-order valence-electron chi connectivity index (χ0n) is 12.9. The van der Waals surface area contributed by atoms with Gasteiger partial charge in [0.1, 0.15) is 6.54 Å². The standard InChI is InChI=1S/C14H18FN7O2/c15-13-10(4-3-7-17-13)14(24)20-11(5-1-2-6-16)12(23)8-22-19-9-18-21-22/h3-4,7,9,11H,1-2,5-6,8,16H2,(H,20,24). The normalized spacial score (nSPS) is 11.9. The van der Waals surface area contributed by atoms with Crippen molar-refractivity contribution in [1.29, 1.82) is 0 Å². The van der Waals surface area contributed by atoms with Crippen LogP contribution in [0.4, 0.5) is 4.39 Å². The van der Waals surface area contributed by atoms with Gasteiger partial charge in [-0.15, -0.1) is 10.2 Å². The van der Waals surface area contributed by atoms with Crippen molar-refractivity contribution < 1.29 is 14.0 Å². The van der Waals surface area contributed by atoms with Gasteiger partial charge in [0.05, 0.1) is 11.6 Å². The largest absolute Gasteiger partial charge is 0.342 e. The monoisotopic (exact) mass is 335 g/mol. The molecule has 3 N–H and O–H groups in total. The Balaban J connectivity index is 2.06. The number of rotatable bonds is 9. The van der Waals surface area contributed by atoms with Crippen LogP contribution in [0.25, 0.3) is 0 Å². The predicted molar refractivity (Wildman–Crippen MR) is 81.2 cm³/mol. The fourth-order valence-corrected chi connectivity index (χ4v) is 2.11. The maximum Gasteiger partial charge on any atom is 0.256 e. The summed E-state index contributed by atoms with van der Waals surface area (Å²) in [7, 11) is 0. The summed E-state index contributed by atoms with van der Waals surface area (Å²) in [6.07, 6.45) is 4.20. The van der Waals surface area contributed by atoms with E-state index in [4.69, 9.17) is 5.73 Å². The first-order valence-electron chi connectivity index (χ1n) is 7.46. The van der Waals surface area contributed by atoms with Gasteiger partial charge < -0.3 is 11.1 Å². The van der Waals surface area contributed by atoms with Gasteiger partial charge in [0, 0.05) is 6.20 Å². The molecule has 9 nitrogen and oxygen atoms in total. The SMILES string of the molecule is NCCCCC(NC(=O)c1cccnc1F)C(=O)Cn1ncnn1. The third-order valence-corrected chi connectivity index (χ3v) is 3.33. The molecule has 1 atom stereocenters. The Kier molecular flexibility index (Phi) is 6.43. The molecule has 0 aliphatic rings. The Morgan fingerprint density at radius 1 is 1.38 bits per heavy atom. The number of nitrogens with two attached hydrogens (primary N) is 1. The average molecular weight is 335 g/mol. The summed E-state index contributed by atoms with van der Waals surface area (Å²) < 4.78 is 13.6. The summed E-state index contributed by atoms with van der Waals surface area (Å²) in [5, 5.41) is 13.4. The molecule has 1 unspecified atom stereocenters. The number of nitrogens with one attached hydrogen (secondary N) is 1. The van der Waals surface area contributed by atoms with Gasteiger partial charge in [0.15, 0.2) is 12.1 Å². The highest BCUT2D eigenvalue weighted by atomic mass is 19.1. The summed E-state index contributed by atoms with van der Waals surface area (Å²) in [5.41, 5.74) is 5.24. The van der Waals surface area contributed by atoms with Crippen LogP contribution < -0.4 is 11.1 Å². The van der Waals surface area contributed by atoms with Crippen LogP contribution in [0.5, 0.6) is 0 Å². The first kappa shape index (κ1) is 17.6. The molecular formula is C14H18FN7O2. The highest BCUT2D eigenvalue weighted by Gasteiger charge is 2.23. The van der Waals surface area contributed by atoms with E-state index in [2.05, 4.69) is 25.7 Å². The molecule has 24 heavy (non-hydrogen) atoms. The van der Waals surface area contributed by atoms with Gasteiger partial charge in [0.25, 0.3) is 5.91 Å². The van der Waals surface area contributed by atoms with Crippen LogP contribution in [0.1, 0.15) is 29.6 Å². The average Bonchev–Trinajstić information content (AvgIpc) is 3.07. The molecule has 0 bridgehead atoms. The number of halogens is 1. The first-order valence-corrected chi connectivity index (χ1v) is 7.46. The van der Waals surface area contributed by atoms with Crippen LogP contribution in [0.2, 0.25) is 0 Å². The molecule has 0 spiro atoms. The third-order valence-electron chi connectivity index (χ3n) is 3.33. The van der Waals surface area contributed by atoms with E-state index in [0.717, 1.165) is 4.80 Å². The molecule has 2 heterocycles. The topological polar surface area (TPSA) is 129 Å². The first-order chi connectivity index (χ1) is 11.6. The van der Waals surface area contributed by atoms with E-state index in [9.17, 15) is 14.0 Å². The van der Waals surface area contributed by atoms with Gasteiger partial charge in [-0.05, 0) is 43.2 Å². The Bertz CT molecular complexity index is 678. The number of pyridine rings is 1. The zero-order valence-corrected chi connectivity index (χ0v) is 12.9. The van der Waals surface area contributed by atoms with Crippen LogP contribution in [0.15, 0.2) is 24.7 Å². The van der Waals surface area contributed by atoms with Crippen LogP contribution in [-0.2, 0) is 11.3 Å². The van der Waals surface area contributed by atoms with Crippen molar-refractivity contribution in [3.8, 4) is 0 Å². The van der Waals surface area contributed by atoms with Gasteiger partial charge in [-0.2, -0.15) is 9.19 Å². The highest BCUT2D eigenvalue weighted by Crippen LogP contribution is 2.07. The van der Waals surface area contributed by atoms with E-state index >= 15 is 0 Å². The molecule has 0 aromatic carbocycles. The molecule has 0 aliphatic carbocycles. The number of Topliss-reactive ketones (excluding diaryl/α,β-unsaturated/α-hetero) is 1. The summed E-state index contributed by atoms with van der Waals surface area (Å²) in [6, 6.07) is 1.95. The molecule has 128 valence electrons. The van der Waals surface area contributed by atoms with E-state index < -0.39 is 17.9 Å². The van der Waals surface area contributed by atoms with Crippen molar-refractivity contribution in [2.75, 3.05) is 6.54 Å². The second-order valence-electron chi connectivity index (χ2n) is 5.08. The number of hydrogen-bond donors (Lipinski definition) is 2. The molecular weight excluding hydrogens is 317 g/mol. The number of carbonyl (C=O) groups is 2. The van der Waals surface area contributed by atoms with Crippen molar-refractivity contribution in [1.82, 2.24) is 30.5 Å². The molecule has 2 rings (SSSR count). The van der Waals surface area contributed by atoms with Gasteiger partial charge in [-0.1, -0.05) is 0 Å². The summed E-state index contributed by atoms with van der Waals surface area (Å²) in [4.78, 5) is 29.1. The number of carbonyl (C=O) groups excluding carboxylic acids is 2. The predicted octanol–water partition coefficient (Wildman–Crippen LogP) is -0.296. The number of amides is 1. The second-order valence-corrected chi connectivity index (χ2v) is 5.08. The summed E-state index contributed by atoms with van der Waals surface area (Å²) in [5.74, 6) is -1.89. The van der Waals surface area contributed by atoms with E-state index in [1.807, 2.05) is 0 Å². The van der Waals surface area contributed by atoms with Crippen LogP contribution >= 0.6 is 0 Å². The number of ketones is 1. The minimum absolute atomic E-state index is 0.136. The van der Waals surface area contributed by atoms with Crippen molar-refractivity contribution in [3.63, 3.8) is 0 Å². The number of aromatic nitrogens is 5. The lowest BCUT2D eigenvalue weighted by Crippen LogP contribution is -2.43. The summed E-state index contributed by atoms with van der Waals surface area (Å²) in [6.45, 7) is 0.347. The Labute approximate surface area is 137 Å². The molecule has 2 aromatic rings. The quantitative estimate of drug-likeness (QED) is 0.475. The zero-order chi connectivity index (χ0) is 17.4. The van der Waals surface area contributed by atoms with Crippen LogP contribution in [-0.4, -0.2) is 49.5 Å². The van der Waals surface area contributed by atoms with Crippen molar-refractivity contribution in [2.24, 2.45) is 5.73 Å². The Morgan fingerprint density at radius 3 is 2.88 bits per heavy atom. The lowest BCUT2D eigenvalue weighted by Gasteiger charge is -2.17. The molecule has 0 aliphatic heterocycles. The summed E-state index contributed by atoms with van der Waals surface area (Å²) >= 11 is 0. The van der Waals surface area contributed by atoms with E-state index in [-0.39, 0.29) is 17.9 Å². The van der Waals surface area contributed by atoms with Gasteiger partial charge in [-0.3, -0.25) is 9.59 Å². The molecule has 2 aromatic heterocycles. The molecule has 10 heteroatoms. The molecule has 1 amide bonds. The van der Waals surface area contributed by atoms with Crippen LogP contribution in [0.3, 0.4) is 0 Å². The fourth-order valence-electron chi connectivity index (χ4n) is 2.11. The van der Waals surface area contributed by atoms with Gasteiger partial charge in [-0.25, -0.2) is 4.98 Å². The minimum Gasteiger partial charge on any atom is -0.342 e. The van der Waals surface area contributed by atoms with Gasteiger partial charge >= 0.3 is 0 Å². The Morgan fingerprint density at radius 2 is 2.21 bits per heavy atom. The number of unbranched alkanes of at least 4 members (excludes halogenated alkanes) is 1. The lowest BCUT2D eigenvalue weighted by molar-refractivity contribution is -0.122. The number of nitrogens with zero attached hydrogens (tertiary/aromatic N) is 5. The second kappa shape index (κ2) is 8.77. The molecule has 0 saturated carbocycles. The van der Waals surface area contributed by atoms with Gasteiger partial charge in [0.2, 0.25) is 5.95 Å². The Hall–Kier alpha value is -2.75. The fraction of sp³-hybridized carbons (Fsp3) is 0.429. The third kappa shape index (κ3) is 4.88. The van der Waals surface area contributed by atoms with E-state index in [1.54, 1.807) is 0 Å². The van der Waals surface area contributed by atoms with E-state index in [1.165, 1.54) is 24.7 Å². The molecule has 0 radical (unpaired) electrons. The maximum absolute atomic E-state index is 13.6. The molecule has 0 saturated heterocycles. The van der Waals surface area contributed by atoms with Crippen molar-refractivity contribution >= 4 is 11.7 Å². The number of tetrazole rings is 1. The smallest absolute Gasteiger partial charge is 0.256 e. The maximum atomic E-state index is 13.6. The highest BCUT2D eigenvalue weighted by molar-refractivity contribution is 5.97. The molecule has 0 fully saturated rings. The lowest BCUT2D eigenvalue weighted by atomic mass is 10.0. The number of hydrogen-bond acceptors (Lipinski definition) is 7. The minimum atomic E-state index is -0.888. The van der Waals surface area contributed by atoms with E-state index in [0.29, 0.717) is 25.8 Å². The van der Waals surface area contributed by atoms with Crippen molar-refractivity contribution in [3.05, 3.63) is 36.2 Å².